The van der Waals surface area contributed by atoms with Crippen LogP contribution in [0, 0.1) is 0 Å². The first-order chi connectivity index (χ1) is 11.7. The van der Waals surface area contributed by atoms with Gasteiger partial charge in [-0.2, -0.15) is 0 Å². The summed E-state index contributed by atoms with van der Waals surface area (Å²) < 4.78 is 16.0. The Balaban J connectivity index is 1.61. The maximum absolute atomic E-state index is 12.5. The predicted molar refractivity (Wildman–Crippen MR) is 87.4 cm³/mol. The second-order valence-corrected chi connectivity index (χ2v) is 5.59. The lowest BCUT2D eigenvalue weighted by Crippen LogP contribution is -2.13. The van der Waals surface area contributed by atoms with Crippen molar-refractivity contribution >= 4 is 16.8 Å². The molecule has 5 nitrogen and oxygen atoms in total. The van der Waals surface area contributed by atoms with Crippen LogP contribution in [0.15, 0.2) is 64.0 Å². The number of Topliss-reactive ketones (excluding diaryl/α,β-unsaturated/α-hetero) is 1. The van der Waals surface area contributed by atoms with E-state index in [9.17, 15) is 9.59 Å². The maximum Gasteiger partial charge on any atom is 0.198 e. The molecule has 1 fully saturated rings. The number of epoxide rings is 1. The van der Waals surface area contributed by atoms with Crippen LogP contribution >= 0.6 is 0 Å². The number of methoxy groups -OCH3 is 1. The number of carbonyl (C=O) groups is 1. The largest absolute Gasteiger partial charge is 0.497 e. The standard InChI is InChI=1S/C19H14O5/c1-22-12-8-6-11(7-9-12)16(20)19-18(24-19)14-10-23-15-5-3-2-4-13(15)17(14)21/h2-10,18-19H,1H3. The highest BCUT2D eigenvalue weighted by molar-refractivity contribution is 6.01. The molecule has 0 spiro atoms. The fourth-order valence-electron chi connectivity index (χ4n) is 2.76. The van der Waals surface area contributed by atoms with Crippen LogP contribution in [0.25, 0.3) is 11.0 Å². The van der Waals surface area contributed by atoms with E-state index < -0.39 is 12.2 Å². The van der Waals surface area contributed by atoms with Crippen molar-refractivity contribution in [3.05, 3.63) is 76.1 Å². The van der Waals surface area contributed by atoms with Crippen LogP contribution in [0.4, 0.5) is 0 Å². The number of benzene rings is 2. The normalized spacial score (nSPS) is 19.2. The third-order valence-electron chi connectivity index (χ3n) is 4.14. The summed E-state index contributed by atoms with van der Waals surface area (Å²) in [5, 5.41) is 0.487. The molecule has 24 heavy (non-hydrogen) atoms. The predicted octanol–water partition coefficient (Wildman–Crippen LogP) is 3.12. The van der Waals surface area contributed by atoms with Gasteiger partial charge in [0.25, 0.3) is 0 Å². The van der Waals surface area contributed by atoms with Gasteiger partial charge in [-0.1, -0.05) is 12.1 Å². The van der Waals surface area contributed by atoms with Crippen molar-refractivity contribution < 1.29 is 18.7 Å². The van der Waals surface area contributed by atoms with E-state index >= 15 is 0 Å². The molecule has 1 saturated heterocycles. The Morgan fingerprint density at radius 2 is 1.83 bits per heavy atom. The Hall–Kier alpha value is -2.92. The number of hydrogen-bond donors (Lipinski definition) is 0. The van der Waals surface area contributed by atoms with Gasteiger partial charge in [0, 0.05) is 5.56 Å². The second-order valence-electron chi connectivity index (χ2n) is 5.59. The molecule has 1 aromatic heterocycles. The Morgan fingerprint density at radius 1 is 1.08 bits per heavy atom. The maximum atomic E-state index is 12.5. The zero-order valence-corrected chi connectivity index (χ0v) is 12.9. The molecule has 0 radical (unpaired) electrons. The molecule has 2 aromatic carbocycles. The Morgan fingerprint density at radius 3 is 2.58 bits per heavy atom. The average Bonchev–Trinajstić information content (AvgIpc) is 3.42. The summed E-state index contributed by atoms with van der Waals surface area (Å²) in [6, 6.07) is 13.8. The summed E-state index contributed by atoms with van der Waals surface area (Å²) >= 11 is 0. The minimum absolute atomic E-state index is 0.157. The quantitative estimate of drug-likeness (QED) is 0.545. The highest BCUT2D eigenvalue weighted by atomic mass is 16.6. The zero-order valence-electron chi connectivity index (χ0n) is 12.9. The number of carbonyl (C=O) groups excluding carboxylic acids is 1. The molecule has 2 heterocycles. The van der Waals surface area contributed by atoms with Crippen LogP contribution in [0.1, 0.15) is 22.0 Å². The van der Waals surface area contributed by atoms with Gasteiger partial charge in [0.15, 0.2) is 17.3 Å². The van der Waals surface area contributed by atoms with Gasteiger partial charge >= 0.3 is 0 Å². The van der Waals surface area contributed by atoms with E-state index in [1.54, 1.807) is 55.6 Å². The molecule has 0 bridgehead atoms. The zero-order chi connectivity index (χ0) is 16.7. The monoisotopic (exact) mass is 322 g/mol. The minimum atomic E-state index is -0.651. The minimum Gasteiger partial charge on any atom is -0.497 e. The Kier molecular flexibility index (Phi) is 3.43. The van der Waals surface area contributed by atoms with E-state index in [2.05, 4.69) is 0 Å². The third kappa shape index (κ3) is 2.39. The lowest BCUT2D eigenvalue weighted by molar-refractivity contribution is 0.0953. The molecule has 0 saturated carbocycles. The number of ether oxygens (including phenoxy) is 2. The van der Waals surface area contributed by atoms with Crippen LogP contribution in [0.2, 0.25) is 0 Å². The van der Waals surface area contributed by atoms with E-state index in [0.29, 0.717) is 27.8 Å². The molecule has 0 N–H and O–H groups in total. The molecule has 1 aliphatic heterocycles. The van der Waals surface area contributed by atoms with Crippen molar-refractivity contribution in [2.75, 3.05) is 7.11 Å². The van der Waals surface area contributed by atoms with Gasteiger partial charge in [-0.25, -0.2) is 0 Å². The van der Waals surface area contributed by atoms with Crippen molar-refractivity contribution in [2.45, 2.75) is 12.2 Å². The lowest BCUT2D eigenvalue weighted by Gasteiger charge is -2.01. The highest BCUT2D eigenvalue weighted by Crippen LogP contribution is 2.39. The van der Waals surface area contributed by atoms with Gasteiger partial charge in [-0.15, -0.1) is 0 Å². The molecular weight excluding hydrogens is 308 g/mol. The van der Waals surface area contributed by atoms with Crippen LogP contribution in [-0.4, -0.2) is 19.0 Å². The van der Waals surface area contributed by atoms with Crippen LogP contribution < -0.4 is 10.2 Å². The fraction of sp³-hybridized carbons (Fsp3) is 0.158. The highest BCUT2D eigenvalue weighted by Gasteiger charge is 2.48. The number of fused-ring (bicyclic) bond motifs is 1. The van der Waals surface area contributed by atoms with Crippen LogP contribution in [-0.2, 0) is 4.74 Å². The molecule has 3 aromatic rings. The lowest BCUT2D eigenvalue weighted by atomic mass is 10.0. The first kappa shape index (κ1) is 14.7. The first-order valence-electron chi connectivity index (χ1n) is 7.53. The molecule has 2 atom stereocenters. The SMILES string of the molecule is COc1ccc(C(=O)C2OC2c2coc3ccccc3c2=O)cc1. The summed E-state index contributed by atoms with van der Waals surface area (Å²) in [4.78, 5) is 25.0. The number of hydrogen-bond acceptors (Lipinski definition) is 5. The van der Waals surface area contributed by atoms with E-state index in [1.165, 1.54) is 6.26 Å². The summed E-state index contributed by atoms with van der Waals surface area (Å²) in [6.45, 7) is 0. The number of ketones is 1. The average molecular weight is 322 g/mol. The van der Waals surface area contributed by atoms with Gasteiger partial charge < -0.3 is 13.9 Å². The molecule has 4 rings (SSSR count). The fourth-order valence-corrected chi connectivity index (χ4v) is 2.76. The van der Waals surface area contributed by atoms with Crippen molar-refractivity contribution in [3.63, 3.8) is 0 Å². The molecule has 0 aliphatic carbocycles. The second kappa shape index (κ2) is 5.62. The molecule has 5 heteroatoms. The van der Waals surface area contributed by atoms with Gasteiger partial charge in [0.05, 0.1) is 18.1 Å². The Bertz CT molecular complexity index is 971. The first-order valence-corrected chi connectivity index (χ1v) is 7.53. The number of rotatable bonds is 4. The summed E-state index contributed by atoms with van der Waals surface area (Å²) in [5.41, 5.74) is 1.26. The van der Waals surface area contributed by atoms with Crippen LogP contribution in [0.5, 0.6) is 5.75 Å². The van der Waals surface area contributed by atoms with Crippen molar-refractivity contribution in [1.29, 1.82) is 0 Å². The van der Waals surface area contributed by atoms with Gasteiger partial charge in [0.1, 0.15) is 23.7 Å². The molecule has 2 unspecified atom stereocenters. The van der Waals surface area contributed by atoms with Gasteiger partial charge in [-0.05, 0) is 36.4 Å². The van der Waals surface area contributed by atoms with E-state index in [-0.39, 0.29) is 11.2 Å². The van der Waals surface area contributed by atoms with Crippen LogP contribution in [0.3, 0.4) is 0 Å². The molecule has 1 aliphatic rings. The van der Waals surface area contributed by atoms with E-state index in [0.717, 1.165) is 0 Å². The molecule has 120 valence electrons. The summed E-state index contributed by atoms with van der Waals surface area (Å²) in [7, 11) is 1.57. The summed E-state index contributed by atoms with van der Waals surface area (Å²) in [6.07, 6.45) is 0.180. The molecular formula is C19H14O5. The van der Waals surface area contributed by atoms with Crippen molar-refractivity contribution in [2.24, 2.45) is 0 Å². The van der Waals surface area contributed by atoms with Gasteiger partial charge in [-0.3, -0.25) is 9.59 Å². The van der Waals surface area contributed by atoms with Gasteiger partial charge in [0.2, 0.25) is 0 Å². The van der Waals surface area contributed by atoms with E-state index in [4.69, 9.17) is 13.9 Å². The summed E-state index contributed by atoms with van der Waals surface area (Å²) in [5.74, 6) is 0.519. The third-order valence-corrected chi connectivity index (χ3v) is 4.14. The van der Waals surface area contributed by atoms with Crippen molar-refractivity contribution in [1.82, 2.24) is 0 Å². The molecule has 0 amide bonds. The number of para-hydroxylation sites is 1. The smallest absolute Gasteiger partial charge is 0.198 e. The topological polar surface area (TPSA) is 69.0 Å². The van der Waals surface area contributed by atoms with Crippen molar-refractivity contribution in [3.8, 4) is 5.75 Å². The Labute approximate surface area is 137 Å². The van der Waals surface area contributed by atoms with E-state index in [1.807, 2.05) is 0 Å².